The number of aliphatic hydroxyl groups is 1. The first-order valence-corrected chi connectivity index (χ1v) is 5.68. The molecular formula is C11H13BrF2O. The lowest BCUT2D eigenvalue weighted by molar-refractivity contribution is 0.154. The molecule has 0 aliphatic heterocycles. The highest BCUT2D eigenvalue weighted by atomic mass is 79.9. The lowest BCUT2D eigenvalue weighted by Crippen LogP contribution is -2.04. The molecule has 1 rings (SSSR count). The van der Waals surface area contributed by atoms with Crippen LogP contribution in [0, 0.1) is 11.6 Å². The van der Waals surface area contributed by atoms with Gasteiger partial charge < -0.3 is 5.11 Å². The Morgan fingerprint density at radius 1 is 1.33 bits per heavy atom. The fraction of sp³-hybridized carbons (Fsp3) is 0.455. The van der Waals surface area contributed by atoms with Crippen molar-refractivity contribution in [3.05, 3.63) is 33.8 Å². The summed E-state index contributed by atoms with van der Waals surface area (Å²) < 4.78 is 27.1. The van der Waals surface area contributed by atoms with Gasteiger partial charge in [0.05, 0.1) is 11.7 Å². The van der Waals surface area contributed by atoms with E-state index in [0.717, 1.165) is 25.0 Å². The second-order valence-corrected chi connectivity index (χ2v) is 4.36. The van der Waals surface area contributed by atoms with Crippen LogP contribution in [-0.4, -0.2) is 5.11 Å². The predicted molar refractivity (Wildman–Crippen MR) is 58.5 cm³/mol. The lowest BCUT2D eigenvalue weighted by atomic mass is 10.0. The first-order chi connectivity index (χ1) is 7.06. The minimum absolute atomic E-state index is 0.230. The predicted octanol–water partition coefficient (Wildman–Crippen LogP) is 3.95. The van der Waals surface area contributed by atoms with Crippen molar-refractivity contribution in [1.82, 2.24) is 0 Å². The van der Waals surface area contributed by atoms with Gasteiger partial charge in [0.25, 0.3) is 0 Å². The Bertz CT molecular complexity index is 318. The van der Waals surface area contributed by atoms with E-state index in [9.17, 15) is 13.9 Å². The summed E-state index contributed by atoms with van der Waals surface area (Å²) in [6.07, 6.45) is 0.955. The van der Waals surface area contributed by atoms with Gasteiger partial charge in [0.2, 0.25) is 0 Å². The first-order valence-electron chi connectivity index (χ1n) is 4.88. The van der Waals surface area contributed by atoms with E-state index in [2.05, 4.69) is 15.9 Å². The highest BCUT2D eigenvalue weighted by Crippen LogP contribution is 2.27. The standard InChI is InChI=1S/C11H13BrF2O/c1-2-3-4-10(15)11-8(13)5-7(12)6-9(11)14/h5-6,10,15H,2-4H2,1H3. The summed E-state index contributed by atoms with van der Waals surface area (Å²) in [5.74, 6) is -1.41. The van der Waals surface area contributed by atoms with E-state index >= 15 is 0 Å². The summed E-state index contributed by atoms with van der Waals surface area (Å²) in [7, 11) is 0. The van der Waals surface area contributed by atoms with Crippen LogP contribution in [0.1, 0.15) is 37.9 Å². The topological polar surface area (TPSA) is 20.2 Å². The Kier molecular flexibility index (Phi) is 4.67. The summed E-state index contributed by atoms with van der Waals surface area (Å²) >= 11 is 2.99. The first kappa shape index (κ1) is 12.6. The van der Waals surface area contributed by atoms with E-state index < -0.39 is 17.7 Å². The fourth-order valence-electron chi connectivity index (χ4n) is 1.41. The van der Waals surface area contributed by atoms with Crippen molar-refractivity contribution in [3.8, 4) is 0 Å². The molecule has 1 N–H and O–H groups in total. The molecule has 84 valence electrons. The Hall–Kier alpha value is -0.480. The summed E-state index contributed by atoms with van der Waals surface area (Å²) in [6, 6.07) is 2.32. The largest absolute Gasteiger partial charge is 0.388 e. The van der Waals surface area contributed by atoms with Gasteiger partial charge in [-0.25, -0.2) is 8.78 Å². The van der Waals surface area contributed by atoms with E-state index in [-0.39, 0.29) is 5.56 Å². The molecule has 1 aromatic rings. The van der Waals surface area contributed by atoms with Crippen LogP contribution in [0.5, 0.6) is 0 Å². The molecule has 4 heteroatoms. The average molecular weight is 279 g/mol. The Balaban J connectivity index is 2.92. The molecule has 0 aliphatic carbocycles. The molecule has 0 spiro atoms. The third-order valence-corrected chi connectivity index (χ3v) is 2.67. The number of aliphatic hydroxyl groups excluding tert-OH is 1. The van der Waals surface area contributed by atoms with Crippen LogP contribution < -0.4 is 0 Å². The zero-order valence-electron chi connectivity index (χ0n) is 8.43. The van der Waals surface area contributed by atoms with Crippen LogP contribution in [-0.2, 0) is 0 Å². The zero-order valence-corrected chi connectivity index (χ0v) is 10.0. The van der Waals surface area contributed by atoms with Crippen molar-refractivity contribution in [2.24, 2.45) is 0 Å². The number of rotatable bonds is 4. The highest BCUT2D eigenvalue weighted by molar-refractivity contribution is 9.10. The monoisotopic (exact) mass is 278 g/mol. The molecule has 0 amide bonds. The van der Waals surface area contributed by atoms with Crippen molar-refractivity contribution in [2.75, 3.05) is 0 Å². The Morgan fingerprint density at radius 3 is 2.33 bits per heavy atom. The van der Waals surface area contributed by atoms with E-state index in [4.69, 9.17) is 0 Å². The lowest BCUT2D eigenvalue weighted by Gasteiger charge is -2.12. The van der Waals surface area contributed by atoms with Crippen molar-refractivity contribution < 1.29 is 13.9 Å². The van der Waals surface area contributed by atoms with Crippen LogP contribution in [0.25, 0.3) is 0 Å². The van der Waals surface area contributed by atoms with Gasteiger partial charge in [-0.15, -0.1) is 0 Å². The third-order valence-electron chi connectivity index (χ3n) is 2.21. The normalized spacial score (nSPS) is 12.9. The maximum atomic E-state index is 13.4. The van der Waals surface area contributed by atoms with Gasteiger partial charge in [-0.1, -0.05) is 35.7 Å². The summed E-state index contributed by atoms with van der Waals surface area (Å²) in [4.78, 5) is 0. The number of benzene rings is 1. The van der Waals surface area contributed by atoms with Gasteiger partial charge in [0.1, 0.15) is 11.6 Å². The summed E-state index contributed by atoms with van der Waals surface area (Å²) in [5, 5.41) is 9.61. The van der Waals surface area contributed by atoms with E-state index in [1.54, 1.807) is 0 Å². The minimum atomic E-state index is -1.06. The molecule has 0 saturated carbocycles. The molecule has 0 fully saturated rings. The molecule has 15 heavy (non-hydrogen) atoms. The molecule has 0 aromatic heterocycles. The smallest absolute Gasteiger partial charge is 0.133 e. The molecule has 0 saturated heterocycles. The van der Waals surface area contributed by atoms with Gasteiger partial charge in [-0.3, -0.25) is 0 Å². The number of halogens is 3. The molecular weight excluding hydrogens is 266 g/mol. The number of hydrogen-bond acceptors (Lipinski definition) is 1. The Morgan fingerprint density at radius 2 is 1.87 bits per heavy atom. The van der Waals surface area contributed by atoms with Crippen molar-refractivity contribution >= 4 is 15.9 Å². The third kappa shape index (κ3) is 3.24. The second kappa shape index (κ2) is 5.56. The molecule has 1 atom stereocenters. The molecule has 1 nitrogen and oxygen atoms in total. The fourth-order valence-corrected chi connectivity index (χ4v) is 1.82. The second-order valence-electron chi connectivity index (χ2n) is 3.44. The van der Waals surface area contributed by atoms with Gasteiger partial charge in [-0.2, -0.15) is 0 Å². The van der Waals surface area contributed by atoms with Gasteiger partial charge in [-0.05, 0) is 18.6 Å². The highest BCUT2D eigenvalue weighted by Gasteiger charge is 2.18. The van der Waals surface area contributed by atoms with Crippen LogP contribution in [0.2, 0.25) is 0 Å². The van der Waals surface area contributed by atoms with Gasteiger partial charge >= 0.3 is 0 Å². The van der Waals surface area contributed by atoms with Gasteiger partial charge in [0.15, 0.2) is 0 Å². The van der Waals surface area contributed by atoms with Gasteiger partial charge in [0, 0.05) is 4.47 Å². The number of hydrogen-bond donors (Lipinski definition) is 1. The molecule has 0 bridgehead atoms. The SMILES string of the molecule is CCCCC(O)c1c(F)cc(Br)cc1F. The maximum Gasteiger partial charge on any atom is 0.133 e. The minimum Gasteiger partial charge on any atom is -0.388 e. The van der Waals surface area contributed by atoms with Crippen molar-refractivity contribution in [1.29, 1.82) is 0 Å². The zero-order chi connectivity index (χ0) is 11.4. The summed E-state index contributed by atoms with van der Waals surface area (Å²) in [6.45, 7) is 1.96. The van der Waals surface area contributed by atoms with Crippen LogP contribution >= 0.6 is 15.9 Å². The van der Waals surface area contributed by atoms with E-state index in [0.29, 0.717) is 10.9 Å². The molecule has 1 aromatic carbocycles. The van der Waals surface area contributed by atoms with Crippen LogP contribution in [0.3, 0.4) is 0 Å². The molecule has 0 radical (unpaired) electrons. The molecule has 0 aliphatic rings. The maximum absolute atomic E-state index is 13.4. The quantitative estimate of drug-likeness (QED) is 0.884. The molecule has 1 unspecified atom stereocenters. The van der Waals surface area contributed by atoms with E-state index in [1.807, 2.05) is 6.92 Å². The average Bonchev–Trinajstić information content (AvgIpc) is 2.12. The van der Waals surface area contributed by atoms with Crippen molar-refractivity contribution in [2.45, 2.75) is 32.3 Å². The summed E-state index contributed by atoms with van der Waals surface area (Å²) in [5.41, 5.74) is -0.230. The Labute approximate surface area is 96.2 Å². The van der Waals surface area contributed by atoms with E-state index in [1.165, 1.54) is 0 Å². The molecule has 0 heterocycles. The van der Waals surface area contributed by atoms with Crippen molar-refractivity contribution in [3.63, 3.8) is 0 Å². The number of unbranched alkanes of at least 4 members (excludes halogenated alkanes) is 1. The van der Waals surface area contributed by atoms with Crippen LogP contribution in [0.15, 0.2) is 16.6 Å². The van der Waals surface area contributed by atoms with Crippen LogP contribution in [0.4, 0.5) is 8.78 Å².